The maximum Gasteiger partial charge on any atom is 0.329 e. The molecule has 2 rings (SSSR count). The minimum Gasteiger partial charge on any atom is -0.480 e. The molecule has 0 aliphatic carbocycles. The SMILES string of the molecule is CC(NC(CCc1ccccc1)C(=O)O)C(=O)N1CCCC1C(=O)OC(C)(C)C. The molecule has 160 valence electrons. The van der Waals surface area contributed by atoms with Crippen LogP contribution in [0.4, 0.5) is 0 Å². The van der Waals surface area contributed by atoms with E-state index in [1.165, 1.54) is 4.90 Å². The lowest BCUT2D eigenvalue weighted by molar-refractivity contribution is -0.163. The summed E-state index contributed by atoms with van der Waals surface area (Å²) >= 11 is 0. The zero-order chi connectivity index (χ0) is 21.6. The lowest BCUT2D eigenvalue weighted by atomic mass is 10.0. The van der Waals surface area contributed by atoms with E-state index in [0.717, 1.165) is 12.0 Å². The predicted octanol–water partition coefficient (Wildman–Crippen LogP) is 2.38. The quantitative estimate of drug-likeness (QED) is 0.646. The Bertz CT molecular complexity index is 714. The molecular formula is C22H32N2O5. The van der Waals surface area contributed by atoms with Crippen molar-refractivity contribution < 1.29 is 24.2 Å². The number of ether oxygens (including phenoxy) is 1. The summed E-state index contributed by atoms with van der Waals surface area (Å²) in [6.45, 7) is 7.49. The molecule has 0 saturated carbocycles. The second kappa shape index (κ2) is 9.87. The molecule has 1 aromatic carbocycles. The van der Waals surface area contributed by atoms with Gasteiger partial charge >= 0.3 is 11.9 Å². The van der Waals surface area contributed by atoms with Crippen LogP contribution in [0.2, 0.25) is 0 Å². The zero-order valence-electron chi connectivity index (χ0n) is 17.7. The lowest BCUT2D eigenvalue weighted by Gasteiger charge is -2.30. The molecule has 3 unspecified atom stereocenters. The minimum atomic E-state index is -0.995. The number of nitrogens with one attached hydrogen (secondary N) is 1. The van der Waals surface area contributed by atoms with Gasteiger partial charge in [-0.2, -0.15) is 0 Å². The predicted molar refractivity (Wildman–Crippen MR) is 109 cm³/mol. The number of rotatable bonds is 8. The highest BCUT2D eigenvalue weighted by molar-refractivity contribution is 5.88. The third-order valence-corrected chi connectivity index (χ3v) is 4.90. The number of esters is 1. The van der Waals surface area contributed by atoms with Gasteiger partial charge in [0.05, 0.1) is 6.04 Å². The first-order valence-corrected chi connectivity index (χ1v) is 10.1. The van der Waals surface area contributed by atoms with Gasteiger partial charge in [-0.15, -0.1) is 0 Å². The van der Waals surface area contributed by atoms with Crippen molar-refractivity contribution in [2.75, 3.05) is 6.54 Å². The average Bonchev–Trinajstić information content (AvgIpc) is 3.13. The topological polar surface area (TPSA) is 95.9 Å². The number of carboxylic acid groups (broad SMARTS) is 1. The van der Waals surface area contributed by atoms with E-state index >= 15 is 0 Å². The number of carboxylic acids is 1. The fraction of sp³-hybridized carbons (Fsp3) is 0.591. The number of aliphatic carboxylic acids is 1. The van der Waals surface area contributed by atoms with E-state index in [9.17, 15) is 19.5 Å². The van der Waals surface area contributed by atoms with Gasteiger partial charge in [0.2, 0.25) is 5.91 Å². The van der Waals surface area contributed by atoms with E-state index in [1.807, 2.05) is 30.3 Å². The first-order valence-electron chi connectivity index (χ1n) is 10.1. The second-order valence-electron chi connectivity index (χ2n) is 8.53. The molecule has 7 heteroatoms. The fourth-order valence-corrected chi connectivity index (χ4v) is 3.50. The van der Waals surface area contributed by atoms with Crippen LogP contribution in [0.5, 0.6) is 0 Å². The summed E-state index contributed by atoms with van der Waals surface area (Å²) in [4.78, 5) is 38.6. The van der Waals surface area contributed by atoms with E-state index in [0.29, 0.717) is 25.8 Å². The van der Waals surface area contributed by atoms with Gasteiger partial charge in [0.15, 0.2) is 0 Å². The third kappa shape index (κ3) is 6.85. The first kappa shape index (κ1) is 22.9. The van der Waals surface area contributed by atoms with Crippen molar-refractivity contribution in [2.45, 2.75) is 77.1 Å². The maximum absolute atomic E-state index is 12.9. The van der Waals surface area contributed by atoms with Crippen LogP contribution in [0, 0.1) is 0 Å². The molecule has 0 bridgehead atoms. The maximum atomic E-state index is 12.9. The van der Waals surface area contributed by atoms with Crippen LogP contribution in [0.25, 0.3) is 0 Å². The summed E-state index contributed by atoms with van der Waals surface area (Å²) in [6.07, 6.45) is 2.24. The highest BCUT2D eigenvalue weighted by Crippen LogP contribution is 2.22. The number of hydrogen-bond donors (Lipinski definition) is 2. The van der Waals surface area contributed by atoms with Gasteiger partial charge in [-0.3, -0.25) is 14.9 Å². The second-order valence-corrected chi connectivity index (χ2v) is 8.53. The molecule has 2 N–H and O–H groups in total. The van der Waals surface area contributed by atoms with Crippen molar-refractivity contribution in [1.29, 1.82) is 0 Å². The molecular weight excluding hydrogens is 372 g/mol. The Morgan fingerprint density at radius 2 is 1.90 bits per heavy atom. The molecule has 29 heavy (non-hydrogen) atoms. The van der Waals surface area contributed by atoms with E-state index in [4.69, 9.17) is 4.74 Å². The molecule has 1 fully saturated rings. The summed E-state index contributed by atoms with van der Waals surface area (Å²) < 4.78 is 5.44. The van der Waals surface area contributed by atoms with E-state index < -0.39 is 35.7 Å². The Morgan fingerprint density at radius 3 is 2.48 bits per heavy atom. The highest BCUT2D eigenvalue weighted by Gasteiger charge is 2.39. The zero-order valence-corrected chi connectivity index (χ0v) is 17.7. The molecule has 1 aliphatic rings. The van der Waals surface area contributed by atoms with Crippen LogP contribution in [0.1, 0.15) is 52.5 Å². The average molecular weight is 405 g/mol. The summed E-state index contributed by atoms with van der Waals surface area (Å²) in [6, 6.07) is 7.45. The van der Waals surface area contributed by atoms with E-state index in [-0.39, 0.29) is 5.91 Å². The lowest BCUT2D eigenvalue weighted by Crippen LogP contribution is -2.53. The van der Waals surface area contributed by atoms with Crippen LogP contribution in [-0.4, -0.2) is 58.1 Å². The highest BCUT2D eigenvalue weighted by atomic mass is 16.6. The summed E-state index contributed by atoms with van der Waals surface area (Å²) in [5, 5.41) is 12.5. The molecule has 3 atom stereocenters. The van der Waals surface area contributed by atoms with E-state index in [1.54, 1.807) is 27.7 Å². The van der Waals surface area contributed by atoms with Crippen molar-refractivity contribution in [3.63, 3.8) is 0 Å². The molecule has 7 nitrogen and oxygen atoms in total. The largest absolute Gasteiger partial charge is 0.480 e. The first-order chi connectivity index (χ1) is 13.6. The molecule has 1 saturated heterocycles. The van der Waals surface area contributed by atoms with E-state index in [2.05, 4.69) is 5.32 Å². The summed E-state index contributed by atoms with van der Waals surface area (Å²) in [7, 11) is 0. The van der Waals surface area contributed by atoms with Gasteiger partial charge < -0.3 is 14.7 Å². The van der Waals surface area contributed by atoms with Gasteiger partial charge in [0.1, 0.15) is 17.7 Å². The number of carbonyl (C=O) groups excluding carboxylic acids is 2. The molecule has 1 aliphatic heterocycles. The van der Waals surface area contributed by atoms with Crippen molar-refractivity contribution in [3.8, 4) is 0 Å². The smallest absolute Gasteiger partial charge is 0.329 e. The van der Waals surface area contributed by atoms with Crippen molar-refractivity contribution >= 4 is 17.8 Å². The van der Waals surface area contributed by atoms with Gasteiger partial charge in [-0.1, -0.05) is 30.3 Å². The van der Waals surface area contributed by atoms with Gasteiger partial charge in [-0.25, -0.2) is 4.79 Å². The normalized spacial score (nSPS) is 18.9. The number of amides is 1. The Balaban J connectivity index is 1.97. The van der Waals surface area contributed by atoms with Crippen molar-refractivity contribution in [1.82, 2.24) is 10.2 Å². The van der Waals surface area contributed by atoms with Crippen LogP contribution in [0.15, 0.2) is 30.3 Å². The van der Waals surface area contributed by atoms with Gasteiger partial charge in [0, 0.05) is 6.54 Å². The molecule has 0 radical (unpaired) electrons. The Kier molecular flexibility index (Phi) is 7.79. The van der Waals surface area contributed by atoms with Gasteiger partial charge in [0.25, 0.3) is 0 Å². The number of benzene rings is 1. The number of aryl methyl sites for hydroxylation is 1. The van der Waals surface area contributed by atoms with Crippen molar-refractivity contribution in [2.24, 2.45) is 0 Å². The van der Waals surface area contributed by atoms with Crippen molar-refractivity contribution in [3.05, 3.63) is 35.9 Å². The molecule has 1 heterocycles. The molecule has 0 aromatic heterocycles. The standard InChI is InChI=1S/C22H32N2O5/c1-15(23-17(20(26)27)13-12-16-9-6-5-7-10-16)19(25)24-14-8-11-18(24)21(28)29-22(2,3)4/h5-7,9-10,15,17-18,23H,8,11-14H2,1-4H3,(H,26,27). The number of hydrogen-bond acceptors (Lipinski definition) is 5. The summed E-state index contributed by atoms with van der Waals surface area (Å²) in [5.74, 6) is -1.68. The van der Waals surface area contributed by atoms with Crippen LogP contribution >= 0.6 is 0 Å². The molecule has 1 aromatic rings. The summed E-state index contributed by atoms with van der Waals surface area (Å²) in [5.41, 5.74) is 0.424. The minimum absolute atomic E-state index is 0.274. The molecule has 1 amide bonds. The number of likely N-dealkylation sites (tertiary alicyclic amines) is 1. The van der Waals surface area contributed by atoms with Crippen LogP contribution in [0.3, 0.4) is 0 Å². The number of nitrogens with zero attached hydrogens (tertiary/aromatic N) is 1. The monoisotopic (exact) mass is 404 g/mol. The number of carbonyl (C=O) groups is 3. The third-order valence-electron chi connectivity index (χ3n) is 4.90. The van der Waals surface area contributed by atoms with Crippen LogP contribution in [-0.2, 0) is 25.5 Å². The van der Waals surface area contributed by atoms with Gasteiger partial charge in [-0.05, 0) is 58.9 Å². The van der Waals surface area contributed by atoms with Crippen LogP contribution < -0.4 is 5.32 Å². The Labute approximate surface area is 172 Å². The fourth-order valence-electron chi connectivity index (χ4n) is 3.50. The Morgan fingerprint density at radius 1 is 1.24 bits per heavy atom. The Hall–Kier alpha value is -2.41. The molecule has 0 spiro atoms.